The second-order valence-electron chi connectivity index (χ2n) is 1.81. The molecule has 0 fully saturated rings. The predicted octanol–water partition coefficient (Wildman–Crippen LogP) is 2.20. The van der Waals surface area contributed by atoms with E-state index in [4.69, 9.17) is 0 Å². The van der Waals surface area contributed by atoms with Gasteiger partial charge in [-0.1, -0.05) is 0 Å². The van der Waals surface area contributed by atoms with E-state index in [2.05, 4.69) is 33.9 Å². The summed E-state index contributed by atoms with van der Waals surface area (Å²) in [6, 6.07) is 10.4. The van der Waals surface area contributed by atoms with Crippen LogP contribution in [0.2, 0.25) is 0 Å². The molecular formula is C8H7Hg+. The summed E-state index contributed by atoms with van der Waals surface area (Å²) in [5, 5.41) is 0. The zero-order valence-electron chi connectivity index (χ0n) is 5.25. The van der Waals surface area contributed by atoms with Crippen LogP contribution in [0.15, 0.2) is 33.9 Å². The van der Waals surface area contributed by atoms with Crippen molar-refractivity contribution in [2.75, 3.05) is 0 Å². The van der Waals surface area contributed by atoms with Crippen LogP contribution in [-0.2, 0) is 26.1 Å². The number of hydrogen-bond acceptors (Lipinski definition) is 0. The summed E-state index contributed by atoms with van der Waals surface area (Å²) in [5.74, 6) is 0. The van der Waals surface area contributed by atoms with E-state index in [-0.39, 0.29) is 0 Å². The fourth-order valence-corrected chi connectivity index (χ4v) is 1.76. The topological polar surface area (TPSA) is 0 Å². The first-order valence-corrected chi connectivity index (χ1v) is 6.12. The molecule has 1 heteroatoms. The second kappa shape index (κ2) is 3.83. The van der Waals surface area contributed by atoms with Crippen molar-refractivity contribution < 1.29 is 26.1 Å². The van der Waals surface area contributed by atoms with E-state index < -0.39 is 0 Å². The molecule has 1 aromatic rings. The van der Waals surface area contributed by atoms with E-state index in [1.54, 1.807) is 0 Å². The minimum atomic E-state index is 0.792. The molecule has 0 aromatic heterocycles. The van der Waals surface area contributed by atoms with Crippen molar-refractivity contribution in [3.8, 4) is 0 Å². The molecule has 9 heavy (non-hydrogen) atoms. The summed E-state index contributed by atoms with van der Waals surface area (Å²) in [5.41, 5.74) is 1.31. The Balaban J connectivity index is 2.85. The van der Waals surface area contributed by atoms with E-state index in [1.807, 2.05) is 6.07 Å². The Labute approximate surface area is 71.6 Å². The minimum absolute atomic E-state index is 0.792. The first-order chi connectivity index (χ1) is 4.43. The molecule has 0 atom stereocenters. The molecule has 0 spiro atoms. The average Bonchev–Trinajstić information content (AvgIpc) is 1.91. The van der Waals surface area contributed by atoms with Gasteiger partial charge < -0.3 is 0 Å². The van der Waals surface area contributed by atoms with Crippen LogP contribution in [0, 0.1) is 0 Å². The predicted molar refractivity (Wildman–Crippen MR) is 35.5 cm³/mol. The SMILES string of the molecule is [Hg+]/[CH]=C/c1ccccc1. The first kappa shape index (κ1) is 7.01. The monoisotopic (exact) mass is 305 g/mol. The number of benzene rings is 1. The van der Waals surface area contributed by atoms with Crippen LogP contribution in [0.25, 0.3) is 6.08 Å². The summed E-state index contributed by atoms with van der Waals surface area (Å²) in [7, 11) is 0. The van der Waals surface area contributed by atoms with Crippen LogP contribution in [0.5, 0.6) is 0 Å². The van der Waals surface area contributed by atoms with Gasteiger partial charge in [0, 0.05) is 0 Å². The van der Waals surface area contributed by atoms with Gasteiger partial charge in [0.2, 0.25) is 0 Å². The van der Waals surface area contributed by atoms with Gasteiger partial charge in [-0.05, 0) is 0 Å². The molecule has 1 aromatic carbocycles. The van der Waals surface area contributed by atoms with Gasteiger partial charge in [-0.25, -0.2) is 0 Å². The summed E-state index contributed by atoms with van der Waals surface area (Å²) >= 11 is 0.792. The molecule has 0 saturated heterocycles. The standard InChI is InChI=1S/C8H7.Hg/c1-2-8-6-4-3-5-7-8;/h1-7H;/q;+1. The zero-order valence-corrected chi connectivity index (χ0v) is 10.7. The zero-order chi connectivity index (χ0) is 6.53. The maximum absolute atomic E-state index is 2.23. The maximum atomic E-state index is 2.23. The molecule has 0 amide bonds. The quantitative estimate of drug-likeness (QED) is 0.698. The van der Waals surface area contributed by atoms with Gasteiger partial charge in [-0.15, -0.1) is 0 Å². The third kappa shape index (κ3) is 2.31. The van der Waals surface area contributed by atoms with E-state index in [0.29, 0.717) is 0 Å². The molecule has 0 bridgehead atoms. The van der Waals surface area contributed by atoms with Crippen molar-refractivity contribution >= 4 is 6.08 Å². The molecule has 0 saturated carbocycles. The Morgan fingerprint density at radius 2 is 1.78 bits per heavy atom. The molecule has 0 unspecified atom stereocenters. The second-order valence-corrected chi connectivity index (χ2v) is 3.65. The Hall–Kier alpha value is -0.105. The van der Waals surface area contributed by atoms with Crippen molar-refractivity contribution in [3.05, 3.63) is 39.5 Å². The molecular weight excluding hydrogens is 297 g/mol. The van der Waals surface area contributed by atoms with Gasteiger partial charge in [0.05, 0.1) is 0 Å². The number of rotatable bonds is 1. The Morgan fingerprint density at radius 3 is 2.33 bits per heavy atom. The Kier molecular flexibility index (Phi) is 2.98. The molecule has 0 aliphatic heterocycles. The molecule has 0 heterocycles. The summed E-state index contributed by atoms with van der Waals surface area (Å²) in [6.07, 6.45) is 2.17. The van der Waals surface area contributed by atoms with Crippen molar-refractivity contribution in [1.82, 2.24) is 0 Å². The fraction of sp³-hybridized carbons (Fsp3) is 0. The molecule has 40 valence electrons. The van der Waals surface area contributed by atoms with Crippen LogP contribution in [0.1, 0.15) is 5.56 Å². The van der Waals surface area contributed by atoms with Crippen molar-refractivity contribution in [3.63, 3.8) is 0 Å². The van der Waals surface area contributed by atoms with Gasteiger partial charge in [0.25, 0.3) is 0 Å². The molecule has 0 radical (unpaired) electrons. The van der Waals surface area contributed by atoms with Crippen molar-refractivity contribution in [1.29, 1.82) is 0 Å². The van der Waals surface area contributed by atoms with Gasteiger partial charge in [0.15, 0.2) is 0 Å². The van der Waals surface area contributed by atoms with Gasteiger partial charge in [0.1, 0.15) is 0 Å². The third-order valence-corrected chi connectivity index (χ3v) is 2.03. The fourth-order valence-electron chi connectivity index (χ4n) is 0.700. The number of hydrogen-bond donors (Lipinski definition) is 0. The van der Waals surface area contributed by atoms with Crippen LogP contribution in [0.4, 0.5) is 0 Å². The molecule has 1 rings (SSSR count). The normalized spacial score (nSPS) is 10.4. The average molecular weight is 304 g/mol. The molecule has 0 nitrogen and oxygen atoms in total. The van der Waals surface area contributed by atoms with E-state index in [0.717, 1.165) is 26.1 Å². The van der Waals surface area contributed by atoms with Crippen LogP contribution < -0.4 is 0 Å². The molecule has 0 N–H and O–H groups in total. The van der Waals surface area contributed by atoms with Crippen LogP contribution >= 0.6 is 0 Å². The third-order valence-electron chi connectivity index (χ3n) is 1.11. The summed E-state index contributed by atoms with van der Waals surface area (Å²) in [4.78, 5) is 0. The molecule has 0 aliphatic rings. The van der Waals surface area contributed by atoms with E-state index in [9.17, 15) is 0 Å². The van der Waals surface area contributed by atoms with Gasteiger partial charge >= 0.3 is 71.7 Å². The van der Waals surface area contributed by atoms with Gasteiger partial charge in [-0.2, -0.15) is 0 Å². The Morgan fingerprint density at radius 1 is 1.11 bits per heavy atom. The van der Waals surface area contributed by atoms with Crippen LogP contribution in [-0.4, -0.2) is 0 Å². The summed E-state index contributed by atoms with van der Waals surface area (Å²) in [6.45, 7) is 0. The first-order valence-electron chi connectivity index (χ1n) is 2.94. The van der Waals surface area contributed by atoms with E-state index >= 15 is 0 Å². The summed E-state index contributed by atoms with van der Waals surface area (Å²) < 4.78 is 2.23. The van der Waals surface area contributed by atoms with Crippen molar-refractivity contribution in [2.24, 2.45) is 0 Å². The van der Waals surface area contributed by atoms with Gasteiger partial charge in [-0.3, -0.25) is 0 Å². The van der Waals surface area contributed by atoms with Crippen LogP contribution in [0.3, 0.4) is 0 Å². The Bertz CT molecular complexity index is 189. The van der Waals surface area contributed by atoms with E-state index in [1.165, 1.54) is 5.56 Å². The van der Waals surface area contributed by atoms with Crippen molar-refractivity contribution in [2.45, 2.75) is 0 Å². The molecule has 0 aliphatic carbocycles.